The van der Waals surface area contributed by atoms with E-state index in [1.807, 2.05) is 0 Å². The monoisotopic (exact) mass is 183 g/mol. The molecule has 0 unspecified atom stereocenters. The van der Waals surface area contributed by atoms with Crippen molar-refractivity contribution in [2.75, 3.05) is 5.32 Å². The lowest BCUT2D eigenvalue weighted by molar-refractivity contribution is 0.839. The lowest BCUT2D eigenvalue weighted by Crippen LogP contribution is -2.08. The molecule has 1 heterocycles. The molecule has 1 atom stereocenters. The Kier molecular flexibility index (Phi) is 1.54. The molecule has 0 fully saturated rings. The van der Waals surface area contributed by atoms with Crippen LogP contribution in [0.5, 0.6) is 0 Å². The third-order valence-electron chi connectivity index (χ3n) is 2.90. The average molecular weight is 183 g/mol. The summed E-state index contributed by atoms with van der Waals surface area (Å²) in [6, 6.07) is 13.7. The van der Waals surface area contributed by atoms with E-state index in [2.05, 4.69) is 48.6 Å². The highest BCUT2D eigenvalue weighted by molar-refractivity contribution is 5.88. The van der Waals surface area contributed by atoms with E-state index in [9.17, 15) is 0 Å². The Bertz CT molecular complexity index is 443. The van der Waals surface area contributed by atoms with Crippen molar-refractivity contribution in [3.8, 4) is 0 Å². The van der Waals surface area contributed by atoms with Gasteiger partial charge in [0.15, 0.2) is 0 Å². The smallest absolute Gasteiger partial charge is 0.0382 e. The summed E-state index contributed by atoms with van der Waals surface area (Å²) in [5.74, 6) is 0. The van der Waals surface area contributed by atoms with Crippen molar-refractivity contribution in [3.63, 3.8) is 0 Å². The molecule has 0 bridgehead atoms. The molecule has 0 aromatic heterocycles. The zero-order chi connectivity index (χ0) is 9.54. The molecular formula is C13H13N. The zero-order valence-electron chi connectivity index (χ0n) is 8.25. The summed E-state index contributed by atoms with van der Waals surface area (Å²) in [6.45, 7) is 2.23. The minimum absolute atomic E-state index is 0.585. The Morgan fingerprint density at radius 3 is 2.64 bits per heavy atom. The number of fused-ring (bicyclic) bond motifs is 2. The van der Waals surface area contributed by atoms with Gasteiger partial charge in [-0.15, -0.1) is 0 Å². The molecule has 0 saturated carbocycles. The molecule has 2 aromatic carbocycles. The first-order valence-corrected chi connectivity index (χ1v) is 5.11. The van der Waals surface area contributed by atoms with Crippen LogP contribution in [0.4, 0.5) is 5.69 Å². The van der Waals surface area contributed by atoms with Crippen molar-refractivity contribution >= 4 is 16.5 Å². The lowest BCUT2D eigenvalue weighted by atomic mass is 10.0. The maximum Gasteiger partial charge on any atom is 0.0382 e. The molecular weight excluding hydrogens is 170 g/mol. The Morgan fingerprint density at radius 1 is 1.14 bits per heavy atom. The topological polar surface area (TPSA) is 12.0 Å². The molecule has 14 heavy (non-hydrogen) atoms. The molecule has 0 aliphatic carbocycles. The zero-order valence-corrected chi connectivity index (χ0v) is 8.25. The van der Waals surface area contributed by atoms with E-state index < -0.39 is 0 Å². The average Bonchev–Trinajstić information content (AvgIpc) is 2.53. The normalized spacial score (nSPS) is 19.4. The van der Waals surface area contributed by atoms with Crippen LogP contribution in [0.15, 0.2) is 36.4 Å². The minimum atomic E-state index is 0.585. The first kappa shape index (κ1) is 7.86. The van der Waals surface area contributed by atoms with E-state index in [1.165, 1.54) is 22.0 Å². The summed E-state index contributed by atoms with van der Waals surface area (Å²) < 4.78 is 0. The molecule has 70 valence electrons. The Morgan fingerprint density at radius 2 is 1.86 bits per heavy atom. The number of nitrogens with one attached hydrogen (secondary N) is 1. The summed E-state index contributed by atoms with van der Waals surface area (Å²) in [4.78, 5) is 0. The maximum atomic E-state index is 3.49. The van der Waals surface area contributed by atoms with Gasteiger partial charge in [0.25, 0.3) is 0 Å². The van der Waals surface area contributed by atoms with Gasteiger partial charge in [-0.05, 0) is 41.8 Å². The van der Waals surface area contributed by atoms with Crippen LogP contribution in [0.1, 0.15) is 12.5 Å². The van der Waals surface area contributed by atoms with Crippen LogP contribution in [-0.4, -0.2) is 6.04 Å². The van der Waals surface area contributed by atoms with Crippen molar-refractivity contribution in [3.05, 3.63) is 42.0 Å². The van der Waals surface area contributed by atoms with Gasteiger partial charge in [0, 0.05) is 11.7 Å². The Labute approximate surface area is 83.8 Å². The second kappa shape index (κ2) is 2.74. The number of hydrogen-bond acceptors (Lipinski definition) is 1. The summed E-state index contributed by atoms with van der Waals surface area (Å²) in [6.07, 6.45) is 1.15. The van der Waals surface area contributed by atoms with E-state index in [0.29, 0.717) is 6.04 Å². The van der Waals surface area contributed by atoms with Gasteiger partial charge in [0.05, 0.1) is 0 Å². The number of anilines is 1. The first-order valence-electron chi connectivity index (χ1n) is 5.11. The van der Waals surface area contributed by atoms with Crippen LogP contribution in [0.2, 0.25) is 0 Å². The van der Waals surface area contributed by atoms with E-state index in [1.54, 1.807) is 0 Å². The summed E-state index contributed by atoms with van der Waals surface area (Å²) in [7, 11) is 0. The fourth-order valence-corrected chi connectivity index (χ4v) is 2.24. The summed E-state index contributed by atoms with van der Waals surface area (Å²) in [5, 5.41) is 6.17. The molecule has 3 rings (SSSR count). The lowest BCUT2D eigenvalue weighted by Gasteiger charge is -2.03. The molecule has 1 aliphatic rings. The minimum Gasteiger partial charge on any atom is -0.382 e. The third kappa shape index (κ3) is 1.09. The van der Waals surface area contributed by atoms with E-state index in [-0.39, 0.29) is 0 Å². The van der Waals surface area contributed by atoms with E-state index >= 15 is 0 Å². The van der Waals surface area contributed by atoms with Crippen molar-refractivity contribution < 1.29 is 0 Å². The van der Waals surface area contributed by atoms with E-state index in [4.69, 9.17) is 0 Å². The van der Waals surface area contributed by atoms with Gasteiger partial charge in [0.1, 0.15) is 0 Å². The van der Waals surface area contributed by atoms with Crippen molar-refractivity contribution in [2.45, 2.75) is 19.4 Å². The van der Waals surface area contributed by atoms with Gasteiger partial charge in [-0.1, -0.05) is 24.3 Å². The molecule has 0 spiro atoms. The largest absolute Gasteiger partial charge is 0.382 e. The SMILES string of the molecule is C[C@H]1Cc2cc3ccccc3cc2N1. The van der Waals surface area contributed by atoms with Crippen molar-refractivity contribution in [1.29, 1.82) is 0 Å². The number of hydrogen-bond donors (Lipinski definition) is 1. The molecule has 2 aromatic rings. The van der Waals surface area contributed by atoms with Crippen LogP contribution in [0, 0.1) is 0 Å². The van der Waals surface area contributed by atoms with Crippen LogP contribution < -0.4 is 5.32 Å². The van der Waals surface area contributed by atoms with Gasteiger partial charge >= 0.3 is 0 Å². The molecule has 0 radical (unpaired) electrons. The van der Waals surface area contributed by atoms with Gasteiger partial charge in [-0.25, -0.2) is 0 Å². The quantitative estimate of drug-likeness (QED) is 0.661. The van der Waals surface area contributed by atoms with Gasteiger partial charge in [0.2, 0.25) is 0 Å². The van der Waals surface area contributed by atoms with Gasteiger partial charge in [-0.3, -0.25) is 0 Å². The highest BCUT2D eigenvalue weighted by Gasteiger charge is 2.16. The number of rotatable bonds is 0. The third-order valence-corrected chi connectivity index (χ3v) is 2.90. The molecule has 1 aliphatic heterocycles. The Hall–Kier alpha value is -1.50. The van der Waals surface area contributed by atoms with Crippen molar-refractivity contribution in [2.24, 2.45) is 0 Å². The van der Waals surface area contributed by atoms with Crippen LogP contribution in [0.25, 0.3) is 10.8 Å². The summed E-state index contributed by atoms with van der Waals surface area (Å²) >= 11 is 0. The molecule has 1 nitrogen and oxygen atoms in total. The second-order valence-corrected chi connectivity index (χ2v) is 4.11. The van der Waals surface area contributed by atoms with Crippen LogP contribution in [0.3, 0.4) is 0 Å². The fraction of sp³-hybridized carbons (Fsp3) is 0.231. The molecule has 1 N–H and O–H groups in total. The maximum absolute atomic E-state index is 3.49. The first-order chi connectivity index (χ1) is 6.83. The van der Waals surface area contributed by atoms with Crippen molar-refractivity contribution in [1.82, 2.24) is 0 Å². The van der Waals surface area contributed by atoms with Crippen LogP contribution in [-0.2, 0) is 6.42 Å². The molecule has 0 saturated heterocycles. The summed E-state index contributed by atoms with van der Waals surface area (Å²) in [5.41, 5.74) is 2.77. The standard InChI is InChI=1S/C13H13N/c1-9-6-12-7-10-4-2-3-5-11(10)8-13(12)14-9/h2-5,7-9,14H,6H2,1H3/t9-/m0/s1. The fourth-order valence-electron chi connectivity index (χ4n) is 2.24. The molecule has 0 amide bonds. The Balaban J connectivity index is 2.27. The van der Waals surface area contributed by atoms with Gasteiger partial charge in [-0.2, -0.15) is 0 Å². The van der Waals surface area contributed by atoms with Gasteiger partial charge < -0.3 is 5.32 Å². The predicted molar refractivity (Wildman–Crippen MR) is 60.7 cm³/mol. The highest BCUT2D eigenvalue weighted by Crippen LogP contribution is 2.30. The predicted octanol–water partition coefficient (Wildman–Crippen LogP) is 3.20. The molecule has 1 heteroatoms. The van der Waals surface area contributed by atoms with E-state index in [0.717, 1.165) is 6.42 Å². The second-order valence-electron chi connectivity index (χ2n) is 4.11. The van der Waals surface area contributed by atoms with Crippen LogP contribution >= 0.6 is 0 Å². The number of benzene rings is 2. The highest BCUT2D eigenvalue weighted by atomic mass is 14.9.